The summed E-state index contributed by atoms with van der Waals surface area (Å²) < 4.78 is 14.0. The van der Waals surface area contributed by atoms with Gasteiger partial charge in [-0.15, -0.1) is 0 Å². The summed E-state index contributed by atoms with van der Waals surface area (Å²) in [6.07, 6.45) is 3.56. The number of hydrogen-bond acceptors (Lipinski definition) is 2. The van der Waals surface area contributed by atoms with E-state index in [1.807, 2.05) is 38.4 Å². The largest absolute Gasteiger partial charge is 0.313 e. The average Bonchev–Trinajstić information content (AvgIpc) is 2.46. The number of halogens is 1. The Bertz CT molecular complexity index is 564. The van der Waals surface area contributed by atoms with Crippen molar-refractivity contribution >= 4 is 0 Å². The molecule has 0 spiro atoms. The van der Waals surface area contributed by atoms with E-state index in [-0.39, 0.29) is 11.9 Å². The van der Waals surface area contributed by atoms with E-state index in [2.05, 4.69) is 23.3 Å². The minimum absolute atomic E-state index is 0.0597. The molecule has 2 aromatic rings. The third kappa shape index (κ3) is 3.42. The van der Waals surface area contributed by atoms with E-state index in [1.54, 1.807) is 6.07 Å². The van der Waals surface area contributed by atoms with Crippen LogP contribution in [-0.2, 0) is 12.8 Å². The van der Waals surface area contributed by atoms with Crippen molar-refractivity contribution < 1.29 is 4.39 Å². The maximum atomic E-state index is 14.0. The van der Waals surface area contributed by atoms with Gasteiger partial charge in [0.05, 0.1) is 0 Å². The number of pyridine rings is 1. The van der Waals surface area contributed by atoms with Crippen molar-refractivity contribution in [2.45, 2.75) is 32.7 Å². The van der Waals surface area contributed by atoms with E-state index < -0.39 is 0 Å². The standard InChI is InChI=1S/C17H21FN2/c1-4-13-6-7-14(20-11-13)10-17(19-3)15-8-5-12(2)9-16(15)18/h5-9,11,17,19H,4,10H2,1-3H3. The van der Waals surface area contributed by atoms with Crippen molar-refractivity contribution in [3.8, 4) is 0 Å². The molecule has 3 heteroatoms. The lowest BCUT2D eigenvalue weighted by Gasteiger charge is -2.17. The van der Waals surface area contributed by atoms with Crippen LogP contribution >= 0.6 is 0 Å². The highest BCUT2D eigenvalue weighted by Gasteiger charge is 2.15. The molecule has 0 aliphatic rings. The Morgan fingerprint density at radius 2 is 2.05 bits per heavy atom. The SMILES string of the molecule is CCc1ccc(CC(NC)c2ccc(C)cc2F)nc1. The van der Waals surface area contributed by atoms with Crippen LogP contribution in [0.5, 0.6) is 0 Å². The zero-order chi connectivity index (χ0) is 14.5. The van der Waals surface area contributed by atoms with Crippen LogP contribution in [0.4, 0.5) is 4.39 Å². The Morgan fingerprint density at radius 1 is 1.25 bits per heavy atom. The molecule has 1 aromatic carbocycles. The van der Waals surface area contributed by atoms with Crippen LogP contribution in [0.2, 0.25) is 0 Å². The fraction of sp³-hybridized carbons (Fsp3) is 0.353. The van der Waals surface area contributed by atoms with Crippen LogP contribution in [0, 0.1) is 12.7 Å². The number of benzene rings is 1. The van der Waals surface area contributed by atoms with E-state index in [1.165, 1.54) is 5.56 Å². The Balaban J connectivity index is 2.19. The molecule has 0 aliphatic carbocycles. The van der Waals surface area contributed by atoms with Crippen molar-refractivity contribution in [2.24, 2.45) is 0 Å². The quantitative estimate of drug-likeness (QED) is 0.899. The summed E-state index contributed by atoms with van der Waals surface area (Å²) >= 11 is 0. The smallest absolute Gasteiger partial charge is 0.128 e. The Kier molecular flexibility index (Phi) is 4.85. The third-order valence-corrected chi connectivity index (χ3v) is 3.59. The van der Waals surface area contributed by atoms with E-state index in [9.17, 15) is 4.39 Å². The zero-order valence-electron chi connectivity index (χ0n) is 12.3. The fourth-order valence-corrected chi connectivity index (χ4v) is 2.28. The molecule has 0 fully saturated rings. The predicted octanol–water partition coefficient (Wildman–Crippen LogP) is 3.59. The minimum atomic E-state index is -0.158. The van der Waals surface area contributed by atoms with Gasteiger partial charge < -0.3 is 5.32 Å². The highest BCUT2D eigenvalue weighted by atomic mass is 19.1. The molecule has 0 bridgehead atoms. The van der Waals surface area contributed by atoms with Crippen molar-refractivity contribution in [2.75, 3.05) is 7.05 Å². The van der Waals surface area contributed by atoms with Gasteiger partial charge in [0, 0.05) is 29.9 Å². The number of aryl methyl sites for hydroxylation is 2. The Labute approximate surface area is 120 Å². The van der Waals surface area contributed by atoms with Crippen LogP contribution < -0.4 is 5.32 Å². The minimum Gasteiger partial charge on any atom is -0.313 e. The first-order valence-corrected chi connectivity index (χ1v) is 7.01. The van der Waals surface area contributed by atoms with Gasteiger partial charge >= 0.3 is 0 Å². The van der Waals surface area contributed by atoms with Gasteiger partial charge in [0.1, 0.15) is 5.82 Å². The molecule has 0 saturated heterocycles. The molecule has 2 nitrogen and oxygen atoms in total. The van der Waals surface area contributed by atoms with Crippen molar-refractivity contribution in [3.05, 3.63) is 64.7 Å². The first kappa shape index (κ1) is 14.7. The maximum Gasteiger partial charge on any atom is 0.128 e. The van der Waals surface area contributed by atoms with Crippen LogP contribution in [0.25, 0.3) is 0 Å². The molecule has 1 heterocycles. The topological polar surface area (TPSA) is 24.9 Å². The normalized spacial score (nSPS) is 12.4. The molecular formula is C17H21FN2. The summed E-state index contributed by atoms with van der Waals surface area (Å²) in [7, 11) is 1.85. The lowest BCUT2D eigenvalue weighted by molar-refractivity contribution is 0.529. The van der Waals surface area contributed by atoms with Crippen molar-refractivity contribution in [3.63, 3.8) is 0 Å². The first-order valence-electron chi connectivity index (χ1n) is 7.01. The number of nitrogens with zero attached hydrogens (tertiary/aromatic N) is 1. The van der Waals surface area contributed by atoms with E-state index in [0.29, 0.717) is 12.0 Å². The molecule has 1 aromatic heterocycles. The lowest BCUT2D eigenvalue weighted by atomic mass is 9.99. The van der Waals surface area contributed by atoms with E-state index in [0.717, 1.165) is 17.7 Å². The van der Waals surface area contributed by atoms with Gasteiger partial charge in [0.2, 0.25) is 0 Å². The molecule has 20 heavy (non-hydrogen) atoms. The Hall–Kier alpha value is -1.74. The van der Waals surface area contributed by atoms with Gasteiger partial charge in [-0.25, -0.2) is 4.39 Å². The van der Waals surface area contributed by atoms with Crippen LogP contribution in [0.1, 0.15) is 35.3 Å². The third-order valence-electron chi connectivity index (χ3n) is 3.59. The maximum absolute atomic E-state index is 14.0. The zero-order valence-corrected chi connectivity index (χ0v) is 12.3. The van der Waals surface area contributed by atoms with Crippen molar-refractivity contribution in [1.82, 2.24) is 10.3 Å². The Morgan fingerprint density at radius 3 is 2.60 bits per heavy atom. The number of likely N-dealkylation sites (N-methyl/N-ethyl adjacent to an activating group) is 1. The summed E-state index contributed by atoms with van der Waals surface area (Å²) in [5, 5.41) is 3.18. The molecule has 1 N–H and O–H groups in total. The number of rotatable bonds is 5. The average molecular weight is 272 g/mol. The van der Waals surface area contributed by atoms with Gasteiger partial charge in [0.15, 0.2) is 0 Å². The molecule has 1 atom stereocenters. The van der Waals surface area contributed by atoms with Gasteiger partial charge in [-0.2, -0.15) is 0 Å². The van der Waals surface area contributed by atoms with Gasteiger partial charge in [-0.1, -0.05) is 25.1 Å². The van der Waals surface area contributed by atoms with Crippen LogP contribution in [0.3, 0.4) is 0 Å². The number of hydrogen-bond donors (Lipinski definition) is 1. The molecule has 0 saturated carbocycles. The second kappa shape index (κ2) is 6.62. The van der Waals surface area contributed by atoms with Gasteiger partial charge in [-0.05, 0) is 43.7 Å². The molecule has 106 valence electrons. The fourth-order valence-electron chi connectivity index (χ4n) is 2.28. The molecule has 0 aliphatic heterocycles. The van der Waals surface area contributed by atoms with E-state index in [4.69, 9.17) is 0 Å². The van der Waals surface area contributed by atoms with Gasteiger partial charge in [-0.3, -0.25) is 4.98 Å². The monoisotopic (exact) mass is 272 g/mol. The molecule has 0 radical (unpaired) electrons. The van der Waals surface area contributed by atoms with Gasteiger partial charge in [0.25, 0.3) is 0 Å². The van der Waals surface area contributed by atoms with E-state index >= 15 is 0 Å². The van der Waals surface area contributed by atoms with Crippen LogP contribution in [0.15, 0.2) is 36.5 Å². The molecular weight excluding hydrogens is 251 g/mol. The summed E-state index contributed by atoms with van der Waals surface area (Å²) in [4.78, 5) is 4.45. The number of nitrogens with one attached hydrogen (secondary N) is 1. The summed E-state index contributed by atoms with van der Waals surface area (Å²) in [6, 6.07) is 9.42. The summed E-state index contributed by atoms with van der Waals surface area (Å²) in [5.74, 6) is -0.158. The summed E-state index contributed by atoms with van der Waals surface area (Å²) in [6.45, 7) is 4.00. The van der Waals surface area contributed by atoms with Crippen molar-refractivity contribution in [1.29, 1.82) is 0 Å². The summed E-state index contributed by atoms with van der Waals surface area (Å²) in [5.41, 5.74) is 3.82. The molecule has 1 unspecified atom stereocenters. The molecule has 0 amide bonds. The lowest BCUT2D eigenvalue weighted by Crippen LogP contribution is -2.20. The predicted molar refractivity (Wildman–Crippen MR) is 80.3 cm³/mol. The number of aromatic nitrogens is 1. The van der Waals surface area contributed by atoms with Crippen LogP contribution in [-0.4, -0.2) is 12.0 Å². The second-order valence-corrected chi connectivity index (χ2v) is 5.08. The second-order valence-electron chi connectivity index (χ2n) is 5.08. The highest BCUT2D eigenvalue weighted by molar-refractivity contribution is 5.27. The molecule has 2 rings (SSSR count). The highest BCUT2D eigenvalue weighted by Crippen LogP contribution is 2.21. The first-order chi connectivity index (χ1) is 9.63.